The van der Waals surface area contributed by atoms with Gasteiger partial charge in [-0.05, 0) is 0 Å². The minimum absolute atomic E-state index is 0.0404. The Morgan fingerprint density at radius 3 is 1.66 bits per heavy atom. The third-order valence-corrected chi connectivity index (χ3v) is 5.78. The van der Waals surface area contributed by atoms with E-state index in [2.05, 4.69) is 19.7 Å². The third-order valence-electron chi connectivity index (χ3n) is 4.12. The zero-order valence-electron chi connectivity index (χ0n) is 21.6. The van der Waals surface area contributed by atoms with Crippen LogP contribution in [0.1, 0.15) is 41.5 Å². The predicted octanol–water partition coefficient (Wildman–Crippen LogP) is 2.77. The molecule has 0 aliphatic carbocycles. The fraction of sp³-hybridized carbons (Fsp3) is 0.385. The van der Waals surface area contributed by atoms with E-state index in [1.165, 1.54) is 32.0 Å². The monoisotopic (exact) mass is 579 g/mol. The molecule has 1 aromatic carbocycles. The normalized spacial score (nSPS) is 10.6. The van der Waals surface area contributed by atoms with Crippen molar-refractivity contribution in [2.75, 3.05) is 39.8 Å². The molecular formula is C26H32CoO11. The molecule has 0 bridgehead atoms. The maximum absolute atomic E-state index is 12.9. The Kier molecular flexibility index (Phi) is 14.5. The number of esters is 4. The number of carbonyl (C=O) groups excluding carboxylic acids is 4. The SMILES string of the molecule is C=C(C)OCOCCOC(=O)c1cc(C(=O)OCCOC(=O)C(=C)C)c[c]([Co](=[O])[CH2]COC(=O)C(=C)C)c1. The first kappa shape index (κ1) is 32.4. The molecule has 0 saturated heterocycles. The average molecular weight is 579 g/mol. The number of hydrogen-bond acceptors (Lipinski definition) is 11. The molecule has 0 fully saturated rings. The zero-order chi connectivity index (χ0) is 28.7. The van der Waals surface area contributed by atoms with Gasteiger partial charge in [-0.2, -0.15) is 0 Å². The third kappa shape index (κ3) is 12.6. The molecule has 12 heteroatoms. The van der Waals surface area contributed by atoms with Crippen LogP contribution in [0.2, 0.25) is 5.36 Å². The summed E-state index contributed by atoms with van der Waals surface area (Å²) in [5.41, 5.74) is 0.258. The summed E-state index contributed by atoms with van der Waals surface area (Å²) < 4.78 is 43.3. The summed E-state index contributed by atoms with van der Waals surface area (Å²) >= 11 is -2.14. The summed E-state index contributed by atoms with van der Waals surface area (Å²) in [6.45, 7) is 14.3. The van der Waals surface area contributed by atoms with Crippen LogP contribution in [0.15, 0.2) is 54.8 Å². The Hall–Kier alpha value is -3.61. The minimum atomic E-state index is -2.14. The van der Waals surface area contributed by atoms with Crippen molar-refractivity contribution >= 4 is 28.4 Å². The average Bonchev–Trinajstić information content (AvgIpc) is 2.87. The van der Waals surface area contributed by atoms with Gasteiger partial charge in [-0.25, -0.2) is 0 Å². The first-order valence-corrected chi connectivity index (χ1v) is 12.9. The number of allylic oxidation sites excluding steroid dienone is 1. The van der Waals surface area contributed by atoms with Gasteiger partial charge in [0, 0.05) is 0 Å². The fourth-order valence-electron chi connectivity index (χ4n) is 2.28. The second kappa shape index (κ2) is 17.0. The molecule has 0 amide bonds. The van der Waals surface area contributed by atoms with Crippen LogP contribution in [0.5, 0.6) is 0 Å². The van der Waals surface area contributed by atoms with Crippen molar-refractivity contribution in [2.45, 2.75) is 26.1 Å². The van der Waals surface area contributed by atoms with Crippen molar-refractivity contribution in [3.05, 3.63) is 66.0 Å². The molecule has 0 aromatic heterocycles. The fourth-order valence-corrected chi connectivity index (χ4v) is 3.54. The Morgan fingerprint density at radius 1 is 0.684 bits per heavy atom. The summed E-state index contributed by atoms with van der Waals surface area (Å²) in [5.74, 6) is -2.43. The molecule has 0 radical (unpaired) electrons. The van der Waals surface area contributed by atoms with Crippen molar-refractivity contribution in [3.8, 4) is 0 Å². The summed E-state index contributed by atoms with van der Waals surface area (Å²) in [6.07, 6.45) is 0. The second-order valence-corrected chi connectivity index (χ2v) is 9.63. The number of carbonyl (C=O) groups is 4. The van der Waals surface area contributed by atoms with E-state index in [9.17, 15) is 23.0 Å². The van der Waals surface area contributed by atoms with Gasteiger partial charge in [0.1, 0.15) is 0 Å². The number of rotatable bonds is 17. The summed E-state index contributed by atoms with van der Waals surface area (Å²) in [4.78, 5) is 48.2. The molecule has 11 nitrogen and oxygen atoms in total. The van der Waals surface area contributed by atoms with E-state index in [0.717, 1.165) is 0 Å². The molecule has 38 heavy (non-hydrogen) atoms. The van der Waals surface area contributed by atoms with Gasteiger partial charge in [0.15, 0.2) is 0 Å². The number of benzene rings is 1. The second-order valence-electron chi connectivity index (χ2n) is 7.63. The molecule has 0 unspecified atom stereocenters. The van der Waals surface area contributed by atoms with Gasteiger partial charge in [0.05, 0.1) is 0 Å². The molecule has 0 aliphatic rings. The van der Waals surface area contributed by atoms with Gasteiger partial charge < -0.3 is 0 Å². The molecule has 1 aromatic rings. The van der Waals surface area contributed by atoms with E-state index in [0.29, 0.717) is 5.76 Å². The molecule has 0 saturated carbocycles. The van der Waals surface area contributed by atoms with Crippen LogP contribution in [0.3, 0.4) is 0 Å². The van der Waals surface area contributed by atoms with Crippen LogP contribution in [-0.4, -0.2) is 63.7 Å². The van der Waals surface area contributed by atoms with Crippen molar-refractivity contribution in [1.29, 1.82) is 0 Å². The van der Waals surface area contributed by atoms with E-state index >= 15 is 0 Å². The van der Waals surface area contributed by atoms with Gasteiger partial charge >= 0.3 is 225 Å². The van der Waals surface area contributed by atoms with Crippen molar-refractivity contribution in [1.82, 2.24) is 0 Å². The van der Waals surface area contributed by atoms with Crippen molar-refractivity contribution in [3.63, 3.8) is 0 Å². The van der Waals surface area contributed by atoms with Crippen LogP contribution in [-0.2, 0) is 55.5 Å². The topological polar surface area (TPSA) is 141 Å². The standard InChI is InChI=1S/C20H23O8.C6H9O2.Co.O/c1-14(2)18(21)25-10-11-27-20(23)17-7-5-6-16(12-17)19(22)26-9-8-24-13-28-15(3)4;1-4-8-6(7)5(2)3;;/h6-7,12H,1,3,8-11,13H2,2,4H3;1-2,4H2,3H3;;. The van der Waals surface area contributed by atoms with Gasteiger partial charge in [-0.3, -0.25) is 0 Å². The summed E-state index contributed by atoms with van der Waals surface area (Å²) in [7, 11) is 0. The predicted molar refractivity (Wildman–Crippen MR) is 130 cm³/mol. The molecular weight excluding hydrogens is 547 g/mol. The van der Waals surface area contributed by atoms with E-state index in [1.807, 2.05) is 0 Å². The summed E-state index contributed by atoms with van der Waals surface area (Å²) in [6, 6.07) is 3.84. The van der Waals surface area contributed by atoms with Crippen LogP contribution in [0.25, 0.3) is 0 Å². The molecule has 0 N–H and O–H groups in total. The molecule has 0 heterocycles. The number of hydrogen-bond donors (Lipinski definition) is 0. The molecule has 0 aliphatic heterocycles. The van der Waals surface area contributed by atoms with Gasteiger partial charge in [-0.15, -0.1) is 0 Å². The van der Waals surface area contributed by atoms with Crippen LogP contribution >= 0.6 is 0 Å². The molecule has 0 spiro atoms. The Morgan fingerprint density at radius 2 is 1.16 bits per heavy atom. The van der Waals surface area contributed by atoms with Crippen LogP contribution in [0.4, 0.5) is 0 Å². The zero-order valence-corrected chi connectivity index (χ0v) is 22.7. The summed E-state index contributed by atoms with van der Waals surface area (Å²) in [5, 5.41) is -0.0631. The maximum atomic E-state index is 12.9. The van der Waals surface area contributed by atoms with Gasteiger partial charge in [0.25, 0.3) is 0 Å². The van der Waals surface area contributed by atoms with E-state index in [4.69, 9.17) is 28.4 Å². The first-order chi connectivity index (χ1) is 17.9. The van der Waals surface area contributed by atoms with Gasteiger partial charge in [0.2, 0.25) is 0 Å². The van der Waals surface area contributed by atoms with E-state index < -0.39 is 37.5 Å². The molecule has 1 rings (SSSR count). The van der Waals surface area contributed by atoms with Crippen molar-refractivity contribution in [2.24, 2.45) is 0 Å². The van der Waals surface area contributed by atoms with Crippen LogP contribution in [0, 0.1) is 0 Å². The molecule has 0 atom stereocenters. The molecule has 211 valence electrons. The Labute approximate surface area is 225 Å². The van der Waals surface area contributed by atoms with Crippen molar-refractivity contribution < 1.29 is 65.1 Å². The first-order valence-electron chi connectivity index (χ1n) is 11.2. The van der Waals surface area contributed by atoms with E-state index in [-0.39, 0.29) is 72.0 Å². The number of ether oxygens (including phenoxy) is 6. The Bertz CT molecular complexity index is 1090. The quantitative estimate of drug-likeness (QED) is 0.0672. The Balaban J connectivity index is 2.92. The van der Waals surface area contributed by atoms with Gasteiger partial charge in [-0.1, -0.05) is 0 Å². The van der Waals surface area contributed by atoms with E-state index in [1.54, 1.807) is 6.92 Å². The van der Waals surface area contributed by atoms with Crippen LogP contribution < -0.4 is 4.50 Å².